The lowest BCUT2D eigenvalue weighted by atomic mass is 9.75. The molecule has 2 N–H and O–H groups in total. The molecule has 0 radical (unpaired) electrons. The minimum atomic E-state index is -0.124. The normalized spacial score (nSPS) is 26.5. The fraction of sp³-hybridized carbons (Fsp3) is 0.632. The molecule has 136 valence electrons. The SMILES string of the molecule is Cn1cc(C(NC2CCN(Cc3ccco3)CC2)C2CC(O)C2)cn1. The van der Waals surface area contributed by atoms with E-state index in [1.165, 1.54) is 5.56 Å². The third-order valence-corrected chi connectivity index (χ3v) is 5.67. The predicted octanol–water partition coefficient (Wildman–Crippen LogP) is 2.08. The van der Waals surface area contributed by atoms with E-state index in [1.807, 2.05) is 30.1 Å². The second-order valence-electron chi connectivity index (χ2n) is 7.61. The number of aromatic nitrogens is 2. The smallest absolute Gasteiger partial charge is 0.117 e. The lowest BCUT2D eigenvalue weighted by Crippen LogP contribution is -2.47. The summed E-state index contributed by atoms with van der Waals surface area (Å²) in [5.74, 6) is 1.56. The zero-order chi connectivity index (χ0) is 17.2. The number of aliphatic hydroxyl groups is 1. The topological polar surface area (TPSA) is 66.5 Å². The van der Waals surface area contributed by atoms with Gasteiger partial charge in [0.2, 0.25) is 0 Å². The van der Waals surface area contributed by atoms with Gasteiger partial charge in [-0.3, -0.25) is 9.58 Å². The van der Waals surface area contributed by atoms with Gasteiger partial charge in [-0.15, -0.1) is 0 Å². The van der Waals surface area contributed by atoms with E-state index < -0.39 is 0 Å². The molecule has 1 unspecified atom stereocenters. The molecule has 0 spiro atoms. The highest BCUT2D eigenvalue weighted by atomic mass is 16.3. The van der Waals surface area contributed by atoms with Gasteiger partial charge in [-0.05, 0) is 43.7 Å². The summed E-state index contributed by atoms with van der Waals surface area (Å²) in [6, 6.07) is 4.83. The summed E-state index contributed by atoms with van der Waals surface area (Å²) in [5.41, 5.74) is 1.25. The molecule has 2 fully saturated rings. The number of furan rings is 1. The summed E-state index contributed by atoms with van der Waals surface area (Å²) in [4.78, 5) is 2.46. The Labute approximate surface area is 148 Å². The van der Waals surface area contributed by atoms with E-state index in [2.05, 4.69) is 21.5 Å². The number of aryl methyl sites for hydroxylation is 1. The number of likely N-dealkylation sites (tertiary alicyclic amines) is 1. The molecular weight excluding hydrogens is 316 g/mol. The van der Waals surface area contributed by atoms with Gasteiger partial charge in [0, 0.05) is 44.0 Å². The number of hydrogen-bond acceptors (Lipinski definition) is 5. The molecule has 6 heteroatoms. The molecule has 1 saturated carbocycles. The average molecular weight is 344 g/mol. The molecule has 1 aliphatic heterocycles. The molecule has 6 nitrogen and oxygen atoms in total. The second kappa shape index (κ2) is 7.32. The van der Waals surface area contributed by atoms with Crippen LogP contribution in [0, 0.1) is 5.92 Å². The number of nitrogens with zero attached hydrogens (tertiary/aromatic N) is 3. The highest BCUT2D eigenvalue weighted by Gasteiger charge is 2.36. The largest absolute Gasteiger partial charge is 0.468 e. The Morgan fingerprint density at radius 3 is 2.76 bits per heavy atom. The van der Waals surface area contributed by atoms with Crippen LogP contribution in [0.2, 0.25) is 0 Å². The number of hydrogen-bond donors (Lipinski definition) is 2. The number of rotatable bonds is 6. The average Bonchev–Trinajstić information content (AvgIpc) is 3.23. The Morgan fingerprint density at radius 1 is 1.36 bits per heavy atom. The van der Waals surface area contributed by atoms with Crippen LogP contribution in [-0.4, -0.2) is 45.0 Å². The minimum absolute atomic E-state index is 0.124. The highest BCUT2D eigenvalue weighted by Crippen LogP contribution is 2.38. The Hall–Kier alpha value is -1.63. The molecular formula is C19H28N4O2. The summed E-state index contributed by atoms with van der Waals surface area (Å²) in [6.45, 7) is 3.08. The molecule has 1 saturated heterocycles. The van der Waals surface area contributed by atoms with Gasteiger partial charge >= 0.3 is 0 Å². The first kappa shape index (κ1) is 16.8. The maximum atomic E-state index is 9.72. The molecule has 0 aromatic carbocycles. The predicted molar refractivity (Wildman–Crippen MR) is 94.8 cm³/mol. The standard InChI is InChI=1S/C19H28N4O2/c1-22-12-15(11-20-22)19(14-9-17(24)10-14)21-16-4-6-23(7-5-16)13-18-3-2-8-25-18/h2-3,8,11-12,14,16-17,19,21,24H,4-7,9-10,13H2,1H3. The zero-order valence-corrected chi connectivity index (χ0v) is 14.8. The van der Waals surface area contributed by atoms with E-state index in [0.29, 0.717) is 18.0 Å². The molecule has 1 atom stereocenters. The summed E-state index contributed by atoms with van der Waals surface area (Å²) in [5, 5.41) is 17.9. The number of piperidine rings is 1. The monoisotopic (exact) mass is 344 g/mol. The van der Waals surface area contributed by atoms with Gasteiger partial charge in [0.1, 0.15) is 5.76 Å². The Balaban J connectivity index is 1.33. The maximum absolute atomic E-state index is 9.72. The van der Waals surface area contributed by atoms with Crippen LogP contribution >= 0.6 is 0 Å². The van der Waals surface area contributed by atoms with Crippen molar-refractivity contribution >= 4 is 0 Å². The molecule has 0 amide bonds. The van der Waals surface area contributed by atoms with E-state index in [-0.39, 0.29) is 6.10 Å². The first-order valence-corrected chi connectivity index (χ1v) is 9.35. The zero-order valence-electron chi connectivity index (χ0n) is 14.8. The van der Waals surface area contributed by atoms with Crippen molar-refractivity contribution in [2.75, 3.05) is 13.1 Å². The van der Waals surface area contributed by atoms with E-state index in [1.54, 1.807) is 6.26 Å². The first-order valence-electron chi connectivity index (χ1n) is 9.35. The van der Waals surface area contributed by atoms with Crippen molar-refractivity contribution in [2.45, 2.75) is 50.4 Å². The molecule has 3 heterocycles. The Bertz CT molecular complexity index is 655. The van der Waals surface area contributed by atoms with Gasteiger partial charge in [-0.1, -0.05) is 0 Å². The van der Waals surface area contributed by atoms with Gasteiger partial charge in [0.05, 0.1) is 25.1 Å². The van der Waals surface area contributed by atoms with E-state index >= 15 is 0 Å². The van der Waals surface area contributed by atoms with Crippen molar-refractivity contribution in [1.29, 1.82) is 0 Å². The van der Waals surface area contributed by atoms with Crippen LogP contribution in [0.15, 0.2) is 35.2 Å². The van der Waals surface area contributed by atoms with Crippen molar-refractivity contribution < 1.29 is 9.52 Å². The van der Waals surface area contributed by atoms with E-state index in [9.17, 15) is 5.11 Å². The molecule has 1 aliphatic carbocycles. The Morgan fingerprint density at radius 2 is 2.16 bits per heavy atom. The van der Waals surface area contributed by atoms with Crippen molar-refractivity contribution in [3.05, 3.63) is 42.1 Å². The summed E-state index contributed by atoms with van der Waals surface area (Å²) in [7, 11) is 1.96. The molecule has 2 aromatic rings. The van der Waals surface area contributed by atoms with Crippen LogP contribution in [0.25, 0.3) is 0 Å². The lowest BCUT2D eigenvalue weighted by Gasteiger charge is -2.41. The Kier molecular flexibility index (Phi) is 4.92. The summed E-state index contributed by atoms with van der Waals surface area (Å²) < 4.78 is 7.33. The van der Waals surface area contributed by atoms with E-state index in [0.717, 1.165) is 51.1 Å². The second-order valence-corrected chi connectivity index (χ2v) is 7.61. The van der Waals surface area contributed by atoms with Gasteiger partial charge in [-0.25, -0.2) is 0 Å². The third-order valence-electron chi connectivity index (χ3n) is 5.67. The van der Waals surface area contributed by atoms with Gasteiger partial charge < -0.3 is 14.8 Å². The fourth-order valence-corrected chi connectivity index (χ4v) is 4.14. The fourth-order valence-electron chi connectivity index (χ4n) is 4.14. The molecule has 0 bridgehead atoms. The van der Waals surface area contributed by atoms with Crippen molar-refractivity contribution in [1.82, 2.24) is 20.0 Å². The van der Waals surface area contributed by atoms with Crippen molar-refractivity contribution in [3.63, 3.8) is 0 Å². The quantitative estimate of drug-likeness (QED) is 0.840. The summed E-state index contributed by atoms with van der Waals surface area (Å²) in [6.07, 6.45) is 9.77. The highest BCUT2D eigenvalue weighted by molar-refractivity contribution is 5.14. The third kappa shape index (κ3) is 3.97. The van der Waals surface area contributed by atoms with Crippen molar-refractivity contribution in [2.24, 2.45) is 13.0 Å². The number of aliphatic hydroxyl groups excluding tert-OH is 1. The van der Waals surface area contributed by atoms with Crippen LogP contribution < -0.4 is 5.32 Å². The van der Waals surface area contributed by atoms with Crippen LogP contribution in [0.3, 0.4) is 0 Å². The summed E-state index contributed by atoms with van der Waals surface area (Å²) >= 11 is 0. The molecule has 2 aliphatic rings. The van der Waals surface area contributed by atoms with Crippen LogP contribution in [-0.2, 0) is 13.6 Å². The van der Waals surface area contributed by atoms with Gasteiger partial charge in [0.25, 0.3) is 0 Å². The van der Waals surface area contributed by atoms with Gasteiger partial charge in [0.15, 0.2) is 0 Å². The van der Waals surface area contributed by atoms with Crippen LogP contribution in [0.5, 0.6) is 0 Å². The lowest BCUT2D eigenvalue weighted by molar-refractivity contribution is 0.0195. The molecule has 2 aromatic heterocycles. The van der Waals surface area contributed by atoms with Gasteiger partial charge in [-0.2, -0.15) is 5.10 Å². The minimum Gasteiger partial charge on any atom is -0.468 e. The van der Waals surface area contributed by atoms with Crippen LogP contribution in [0.1, 0.15) is 43.0 Å². The van der Waals surface area contributed by atoms with Crippen LogP contribution in [0.4, 0.5) is 0 Å². The molecule has 25 heavy (non-hydrogen) atoms. The van der Waals surface area contributed by atoms with Crippen molar-refractivity contribution in [3.8, 4) is 0 Å². The van der Waals surface area contributed by atoms with E-state index in [4.69, 9.17) is 4.42 Å². The maximum Gasteiger partial charge on any atom is 0.117 e. The number of nitrogens with one attached hydrogen (secondary N) is 1. The first-order chi connectivity index (χ1) is 12.2. The molecule has 4 rings (SSSR count).